The van der Waals surface area contributed by atoms with Gasteiger partial charge in [0.25, 0.3) is 0 Å². The normalized spacial score (nSPS) is 26.3. The van der Waals surface area contributed by atoms with E-state index in [1.54, 1.807) is 26.4 Å². The number of aromatic nitrogens is 2. The zero-order valence-corrected chi connectivity index (χ0v) is 10.9. The molecule has 19 heavy (non-hydrogen) atoms. The Morgan fingerprint density at radius 2 is 2.47 bits per heavy atom. The van der Waals surface area contributed by atoms with Crippen LogP contribution in [0, 0.1) is 0 Å². The van der Waals surface area contributed by atoms with E-state index in [4.69, 9.17) is 9.47 Å². The van der Waals surface area contributed by atoms with Crippen molar-refractivity contribution in [2.45, 2.75) is 31.3 Å². The Morgan fingerprint density at radius 1 is 1.68 bits per heavy atom. The van der Waals surface area contributed by atoms with Crippen molar-refractivity contribution >= 4 is 12.1 Å². The molecule has 1 aliphatic heterocycles. The molecule has 0 saturated carbocycles. The smallest absolute Gasteiger partial charge is 0.351 e. The SMILES string of the molecule is CNc1ccn(C2C[C@@H](OC)C(CC=O)O2)c(=O)n1. The van der Waals surface area contributed by atoms with Crippen LogP contribution >= 0.6 is 0 Å². The van der Waals surface area contributed by atoms with Crippen molar-refractivity contribution in [1.29, 1.82) is 0 Å². The third-order valence-electron chi connectivity index (χ3n) is 3.21. The summed E-state index contributed by atoms with van der Waals surface area (Å²) in [6, 6.07) is 1.69. The van der Waals surface area contributed by atoms with Crippen LogP contribution in [0.3, 0.4) is 0 Å². The van der Waals surface area contributed by atoms with Gasteiger partial charge in [-0.25, -0.2) is 4.79 Å². The Bertz CT molecular complexity index is 502. The first-order valence-electron chi connectivity index (χ1n) is 6.08. The molecule has 0 spiro atoms. The van der Waals surface area contributed by atoms with Gasteiger partial charge in [-0.05, 0) is 6.07 Å². The average molecular weight is 267 g/mol. The first kappa shape index (κ1) is 13.7. The zero-order chi connectivity index (χ0) is 13.8. The molecule has 1 saturated heterocycles. The predicted molar refractivity (Wildman–Crippen MR) is 68.0 cm³/mol. The summed E-state index contributed by atoms with van der Waals surface area (Å²) in [7, 11) is 3.26. The Labute approximate surface area is 110 Å². The van der Waals surface area contributed by atoms with E-state index in [-0.39, 0.29) is 18.6 Å². The maximum atomic E-state index is 11.9. The Balaban J connectivity index is 2.19. The second-order valence-electron chi connectivity index (χ2n) is 4.29. The van der Waals surface area contributed by atoms with Crippen molar-refractivity contribution < 1.29 is 14.3 Å². The second kappa shape index (κ2) is 5.94. The maximum absolute atomic E-state index is 11.9. The summed E-state index contributed by atoms with van der Waals surface area (Å²) in [4.78, 5) is 26.3. The van der Waals surface area contributed by atoms with E-state index >= 15 is 0 Å². The van der Waals surface area contributed by atoms with Crippen molar-refractivity contribution in [3.8, 4) is 0 Å². The summed E-state index contributed by atoms with van der Waals surface area (Å²) in [5.74, 6) is 0.506. The fraction of sp³-hybridized carbons (Fsp3) is 0.583. The standard InChI is InChI=1S/C12H17N3O4/c1-13-10-3-5-15(12(17)14-10)11-7-9(18-2)8(19-11)4-6-16/h3,5-6,8-9,11H,4,7H2,1-2H3,(H,13,14,17)/t8?,9-,11?/m1/s1. The van der Waals surface area contributed by atoms with E-state index in [9.17, 15) is 9.59 Å². The first-order chi connectivity index (χ1) is 9.19. The Kier molecular flexibility index (Phi) is 4.28. The molecule has 0 radical (unpaired) electrons. The van der Waals surface area contributed by atoms with Gasteiger partial charge in [0.1, 0.15) is 18.3 Å². The zero-order valence-electron chi connectivity index (χ0n) is 10.9. The molecule has 1 fully saturated rings. The van der Waals surface area contributed by atoms with Gasteiger partial charge < -0.3 is 19.6 Å². The number of methoxy groups -OCH3 is 1. The third-order valence-corrected chi connectivity index (χ3v) is 3.21. The highest BCUT2D eigenvalue weighted by atomic mass is 16.6. The van der Waals surface area contributed by atoms with Crippen molar-refractivity contribution in [3.05, 3.63) is 22.7 Å². The first-order valence-corrected chi connectivity index (χ1v) is 6.08. The number of anilines is 1. The molecule has 2 rings (SSSR count). The fourth-order valence-electron chi connectivity index (χ4n) is 2.20. The molecule has 7 nitrogen and oxygen atoms in total. The molecule has 2 unspecified atom stereocenters. The van der Waals surface area contributed by atoms with Gasteiger partial charge in [0.15, 0.2) is 0 Å². The molecule has 3 atom stereocenters. The summed E-state index contributed by atoms with van der Waals surface area (Å²) in [5.41, 5.74) is -0.390. The van der Waals surface area contributed by atoms with Gasteiger partial charge in [-0.2, -0.15) is 4.98 Å². The monoisotopic (exact) mass is 267 g/mol. The van der Waals surface area contributed by atoms with Gasteiger partial charge in [0.2, 0.25) is 0 Å². The molecule has 0 aliphatic carbocycles. The number of carbonyl (C=O) groups excluding carboxylic acids is 1. The lowest BCUT2D eigenvalue weighted by Gasteiger charge is -2.14. The molecule has 2 heterocycles. The highest BCUT2D eigenvalue weighted by Gasteiger charge is 2.36. The summed E-state index contributed by atoms with van der Waals surface area (Å²) in [6.07, 6.45) is 2.25. The Morgan fingerprint density at radius 3 is 3.05 bits per heavy atom. The van der Waals surface area contributed by atoms with Crippen LogP contribution in [-0.4, -0.2) is 42.2 Å². The highest BCUT2D eigenvalue weighted by molar-refractivity contribution is 5.50. The van der Waals surface area contributed by atoms with Crippen molar-refractivity contribution in [3.63, 3.8) is 0 Å². The lowest BCUT2D eigenvalue weighted by molar-refractivity contribution is -0.112. The van der Waals surface area contributed by atoms with Gasteiger partial charge in [0, 0.05) is 33.2 Å². The van der Waals surface area contributed by atoms with E-state index in [1.165, 1.54) is 4.57 Å². The number of aldehydes is 1. The molecule has 0 aromatic carbocycles. The number of hydrogen-bond acceptors (Lipinski definition) is 6. The molecule has 1 aliphatic rings. The summed E-state index contributed by atoms with van der Waals surface area (Å²) >= 11 is 0. The summed E-state index contributed by atoms with van der Waals surface area (Å²) in [5, 5.41) is 2.80. The van der Waals surface area contributed by atoms with E-state index in [2.05, 4.69) is 10.3 Å². The predicted octanol–water partition coefficient (Wildman–Crippen LogP) is 0.176. The highest BCUT2D eigenvalue weighted by Crippen LogP contribution is 2.30. The van der Waals surface area contributed by atoms with Crippen LogP contribution in [0.4, 0.5) is 5.82 Å². The van der Waals surface area contributed by atoms with Crippen LogP contribution in [0.15, 0.2) is 17.1 Å². The minimum atomic E-state index is -0.444. The van der Waals surface area contributed by atoms with Crippen molar-refractivity contribution in [1.82, 2.24) is 9.55 Å². The summed E-state index contributed by atoms with van der Waals surface area (Å²) < 4.78 is 12.4. The number of nitrogens with one attached hydrogen (secondary N) is 1. The molecular weight excluding hydrogens is 250 g/mol. The summed E-state index contributed by atoms with van der Waals surface area (Å²) in [6.45, 7) is 0. The molecule has 1 aromatic rings. The largest absolute Gasteiger partial charge is 0.379 e. The topological polar surface area (TPSA) is 82.5 Å². The Hall–Kier alpha value is -1.73. The third kappa shape index (κ3) is 2.82. The molecule has 0 amide bonds. The van der Waals surface area contributed by atoms with Crippen LogP contribution in [0.25, 0.3) is 0 Å². The van der Waals surface area contributed by atoms with Crippen LogP contribution in [0.5, 0.6) is 0 Å². The lowest BCUT2D eigenvalue weighted by atomic mass is 10.1. The van der Waals surface area contributed by atoms with Gasteiger partial charge >= 0.3 is 5.69 Å². The maximum Gasteiger partial charge on any atom is 0.351 e. The molecule has 1 N–H and O–H groups in total. The minimum Gasteiger partial charge on any atom is -0.379 e. The number of carbonyl (C=O) groups is 1. The van der Waals surface area contributed by atoms with Crippen molar-refractivity contribution in [2.24, 2.45) is 0 Å². The molecule has 7 heteroatoms. The second-order valence-corrected chi connectivity index (χ2v) is 4.29. The van der Waals surface area contributed by atoms with Crippen LogP contribution in [0.1, 0.15) is 19.1 Å². The van der Waals surface area contributed by atoms with E-state index in [0.29, 0.717) is 12.2 Å². The molecule has 104 valence electrons. The van der Waals surface area contributed by atoms with Crippen molar-refractivity contribution in [2.75, 3.05) is 19.5 Å². The molecule has 1 aromatic heterocycles. The van der Waals surface area contributed by atoms with E-state index < -0.39 is 11.9 Å². The van der Waals surface area contributed by atoms with Gasteiger partial charge in [-0.3, -0.25) is 4.57 Å². The van der Waals surface area contributed by atoms with E-state index in [1.807, 2.05) is 0 Å². The van der Waals surface area contributed by atoms with Crippen LogP contribution in [0.2, 0.25) is 0 Å². The average Bonchev–Trinajstić information content (AvgIpc) is 2.82. The fourth-order valence-corrected chi connectivity index (χ4v) is 2.20. The number of rotatable bonds is 5. The number of hydrogen-bond donors (Lipinski definition) is 1. The quantitative estimate of drug-likeness (QED) is 0.766. The minimum absolute atomic E-state index is 0.189. The van der Waals surface area contributed by atoms with Gasteiger partial charge in [0.05, 0.1) is 12.2 Å². The number of ether oxygens (including phenoxy) is 2. The lowest BCUT2D eigenvalue weighted by Crippen LogP contribution is -2.27. The number of nitrogens with zero attached hydrogens (tertiary/aromatic N) is 2. The van der Waals surface area contributed by atoms with Crippen LogP contribution < -0.4 is 11.0 Å². The van der Waals surface area contributed by atoms with E-state index in [0.717, 1.165) is 6.29 Å². The van der Waals surface area contributed by atoms with Gasteiger partial charge in [-0.15, -0.1) is 0 Å². The molecular formula is C12H17N3O4. The van der Waals surface area contributed by atoms with Gasteiger partial charge in [-0.1, -0.05) is 0 Å². The van der Waals surface area contributed by atoms with Crippen LogP contribution in [-0.2, 0) is 14.3 Å². The molecule has 0 bridgehead atoms.